The van der Waals surface area contributed by atoms with Crippen LogP contribution in [0, 0.1) is 0 Å². The molecule has 1 saturated heterocycles. The van der Waals surface area contributed by atoms with Gasteiger partial charge in [0.1, 0.15) is 30.2 Å². The lowest BCUT2D eigenvalue weighted by atomic mass is 10.0. The van der Waals surface area contributed by atoms with Crippen molar-refractivity contribution < 1.29 is 29.3 Å². The second-order valence-corrected chi connectivity index (χ2v) is 3.82. The second-order valence-electron chi connectivity index (χ2n) is 3.82. The standard InChI is InChI=1S/C10H13NO6/c11-10(15)4-1-2-16-8(4)9-7(14)6(13)5(3-12)17-9/h1-2,5-7,9,12-14H,3H2,(H2,11,15)/t5-,6-,7-,9-/m1/s1. The molecule has 0 spiro atoms. The average Bonchev–Trinajstić information content (AvgIpc) is 2.86. The lowest BCUT2D eigenvalue weighted by molar-refractivity contribution is -0.0292. The van der Waals surface area contributed by atoms with E-state index >= 15 is 0 Å². The summed E-state index contributed by atoms with van der Waals surface area (Å²) in [7, 11) is 0. The van der Waals surface area contributed by atoms with Gasteiger partial charge in [-0.2, -0.15) is 0 Å². The number of hydrogen-bond acceptors (Lipinski definition) is 6. The molecule has 7 heteroatoms. The number of aliphatic hydroxyl groups excluding tert-OH is 3. The summed E-state index contributed by atoms with van der Waals surface area (Å²) in [6.07, 6.45) is -3.21. The molecule has 1 aromatic heterocycles. The van der Waals surface area contributed by atoms with E-state index in [1.807, 2.05) is 0 Å². The average molecular weight is 243 g/mol. The molecule has 0 bridgehead atoms. The largest absolute Gasteiger partial charge is 0.466 e. The minimum atomic E-state index is -1.28. The zero-order chi connectivity index (χ0) is 12.6. The van der Waals surface area contributed by atoms with Crippen LogP contribution in [0.2, 0.25) is 0 Å². The first kappa shape index (κ1) is 12.1. The van der Waals surface area contributed by atoms with Gasteiger partial charge in [0, 0.05) is 0 Å². The van der Waals surface area contributed by atoms with E-state index in [1.165, 1.54) is 12.3 Å². The Labute approximate surface area is 96.4 Å². The third-order valence-electron chi connectivity index (χ3n) is 2.76. The summed E-state index contributed by atoms with van der Waals surface area (Å²) in [6.45, 7) is -0.443. The number of carbonyl (C=O) groups is 1. The van der Waals surface area contributed by atoms with Crippen LogP contribution < -0.4 is 5.73 Å². The molecular weight excluding hydrogens is 230 g/mol. The highest BCUT2D eigenvalue weighted by atomic mass is 16.6. The van der Waals surface area contributed by atoms with Gasteiger partial charge in [-0.15, -0.1) is 0 Å². The van der Waals surface area contributed by atoms with E-state index in [9.17, 15) is 15.0 Å². The number of furan rings is 1. The van der Waals surface area contributed by atoms with Crippen LogP contribution in [0.5, 0.6) is 0 Å². The van der Waals surface area contributed by atoms with E-state index in [-0.39, 0.29) is 11.3 Å². The van der Waals surface area contributed by atoms with Crippen molar-refractivity contribution in [3.63, 3.8) is 0 Å². The highest BCUT2D eigenvalue weighted by Crippen LogP contribution is 2.35. The van der Waals surface area contributed by atoms with E-state index in [4.69, 9.17) is 20.0 Å². The Morgan fingerprint density at radius 3 is 2.65 bits per heavy atom. The molecule has 2 rings (SSSR count). The number of nitrogens with two attached hydrogens (primary N) is 1. The zero-order valence-electron chi connectivity index (χ0n) is 8.81. The topological polar surface area (TPSA) is 126 Å². The minimum absolute atomic E-state index is 0.0556. The maximum absolute atomic E-state index is 11.1. The van der Waals surface area contributed by atoms with Crippen LogP contribution in [0.1, 0.15) is 22.2 Å². The highest BCUT2D eigenvalue weighted by Gasteiger charge is 2.45. The Balaban J connectivity index is 2.29. The molecule has 1 aromatic rings. The monoisotopic (exact) mass is 243 g/mol. The van der Waals surface area contributed by atoms with Crippen LogP contribution in [0.4, 0.5) is 0 Å². The number of primary amides is 1. The first-order valence-electron chi connectivity index (χ1n) is 5.06. The van der Waals surface area contributed by atoms with Crippen LogP contribution in [0.25, 0.3) is 0 Å². The molecule has 2 heterocycles. The van der Waals surface area contributed by atoms with Crippen molar-refractivity contribution in [3.05, 3.63) is 23.7 Å². The quantitative estimate of drug-likeness (QED) is 0.513. The Morgan fingerprint density at radius 2 is 2.12 bits per heavy atom. The van der Waals surface area contributed by atoms with Gasteiger partial charge in [0.15, 0.2) is 0 Å². The fourth-order valence-electron chi connectivity index (χ4n) is 1.86. The van der Waals surface area contributed by atoms with Gasteiger partial charge in [-0.05, 0) is 6.07 Å². The van der Waals surface area contributed by atoms with Gasteiger partial charge < -0.3 is 30.2 Å². The fraction of sp³-hybridized carbons (Fsp3) is 0.500. The molecule has 1 aliphatic heterocycles. The Morgan fingerprint density at radius 1 is 1.41 bits per heavy atom. The van der Waals surface area contributed by atoms with Gasteiger partial charge in [-0.3, -0.25) is 4.79 Å². The molecule has 4 atom stereocenters. The lowest BCUT2D eigenvalue weighted by Gasteiger charge is -2.12. The molecule has 1 aliphatic rings. The number of hydrogen-bond donors (Lipinski definition) is 4. The smallest absolute Gasteiger partial charge is 0.252 e. The molecule has 5 N–H and O–H groups in total. The first-order valence-corrected chi connectivity index (χ1v) is 5.06. The normalized spacial score (nSPS) is 32.9. The van der Waals surface area contributed by atoms with Crippen molar-refractivity contribution in [2.45, 2.75) is 24.4 Å². The molecule has 1 fully saturated rings. The summed E-state index contributed by atoms with van der Waals surface area (Å²) in [5, 5.41) is 28.2. The maximum Gasteiger partial charge on any atom is 0.252 e. The third-order valence-corrected chi connectivity index (χ3v) is 2.76. The van der Waals surface area contributed by atoms with Gasteiger partial charge in [0.05, 0.1) is 18.4 Å². The van der Waals surface area contributed by atoms with Crippen LogP contribution >= 0.6 is 0 Å². The lowest BCUT2D eigenvalue weighted by Crippen LogP contribution is -2.32. The molecule has 7 nitrogen and oxygen atoms in total. The molecule has 0 radical (unpaired) electrons. The van der Waals surface area contributed by atoms with Crippen LogP contribution in [0.3, 0.4) is 0 Å². The van der Waals surface area contributed by atoms with Crippen molar-refractivity contribution >= 4 is 5.91 Å². The van der Waals surface area contributed by atoms with Gasteiger partial charge in [0.25, 0.3) is 5.91 Å². The van der Waals surface area contributed by atoms with Gasteiger partial charge >= 0.3 is 0 Å². The molecule has 1 amide bonds. The van der Waals surface area contributed by atoms with Gasteiger partial charge in [-0.1, -0.05) is 0 Å². The maximum atomic E-state index is 11.1. The van der Waals surface area contributed by atoms with Gasteiger partial charge in [0.2, 0.25) is 0 Å². The molecular formula is C10H13NO6. The molecule has 0 aromatic carbocycles. The van der Waals surface area contributed by atoms with E-state index in [0.717, 1.165) is 0 Å². The van der Waals surface area contributed by atoms with E-state index in [2.05, 4.69) is 0 Å². The van der Waals surface area contributed by atoms with Crippen molar-refractivity contribution in [1.29, 1.82) is 0 Å². The van der Waals surface area contributed by atoms with Crippen LogP contribution in [-0.4, -0.2) is 46.1 Å². The van der Waals surface area contributed by atoms with Crippen LogP contribution in [-0.2, 0) is 4.74 Å². The SMILES string of the molecule is NC(=O)c1ccoc1[C@@H]1O[C@H](CO)[C@@H](O)[C@H]1O. The number of carbonyl (C=O) groups excluding carboxylic acids is 1. The first-order chi connectivity index (χ1) is 8.06. The van der Waals surface area contributed by atoms with Crippen molar-refractivity contribution in [2.24, 2.45) is 5.73 Å². The summed E-state index contributed by atoms with van der Waals surface area (Å²) in [5.74, 6) is -0.661. The second kappa shape index (κ2) is 4.46. The summed E-state index contributed by atoms with van der Waals surface area (Å²) in [5.41, 5.74) is 5.21. The summed E-state index contributed by atoms with van der Waals surface area (Å²) in [6, 6.07) is 1.35. The van der Waals surface area contributed by atoms with E-state index in [0.29, 0.717) is 0 Å². The molecule has 17 heavy (non-hydrogen) atoms. The summed E-state index contributed by atoms with van der Waals surface area (Å²) in [4.78, 5) is 11.1. The predicted octanol–water partition coefficient (Wildman–Crippen LogP) is -1.47. The molecule has 0 aliphatic carbocycles. The van der Waals surface area contributed by atoms with E-state index in [1.54, 1.807) is 0 Å². The number of ether oxygens (including phenoxy) is 1. The third kappa shape index (κ3) is 1.93. The minimum Gasteiger partial charge on any atom is -0.466 e. The van der Waals surface area contributed by atoms with E-state index < -0.39 is 36.9 Å². The zero-order valence-corrected chi connectivity index (χ0v) is 8.81. The van der Waals surface area contributed by atoms with Crippen molar-refractivity contribution in [3.8, 4) is 0 Å². The highest BCUT2D eigenvalue weighted by molar-refractivity contribution is 5.93. The van der Waals surface area contributed by atoms with Gasteiger partial charge in [-0.25, -0.2) is 0 Å². The van der Waals surface area contributed by atoms with Crippen molar-refractivity contribution in [2.75, 3.05) is 6.61 Å². The Kier molecular flexibility index (Phi) is 3.16. The number of rotatable bonds is 3. The molecule has 94 valence electrons. The van der Waals surface area contributed by atoms with Crippen LogP contribution in [0.15, 0.2) is 16.7 Å². The summed E-state index contributed by atoms with van der Waals surface area (Å²) < 4.78 is 10.3. The number of aliphatic hydroxyl groups is 3. The summed E-state index contributed by atoms with van der Waals surface area (Å²) >= 11 is 0. The predicted molar refractivity (Wildman–Crippen MR) is 53.9 cm³/mol. The fourth-order valence-corrected chi connectivity index (χ4v) is 1.86. The Hall–Kier alpha value is -1.41. The molecule has 0 unspecified atom stereocenters. The molecule has 0 saturated carbocycles. The van der Waals surface area contributed by atoms with Crippen molar-refractivity contribution in [1.82, 2.24) is 0 Å². The number of amides is 1. The Bertz CT molecular complexity index is 417.